The predicted octanol–water partition coefficient (Wildman–Crippen LogP) is 17.9. The van der Waals surface area contributed by atoms with E-state index in [1.165, 1.54) is 24.3 Å². The number of nitrogens with zero attached hydrogens (tertiary/aromatic N) is 12. The second kappa shape index (κ2) is 20.0. The van der Waals surface area contributed by atoms with Gasteiger partial charge in [-0.1, -0.05) is 133 Å². The maximum absolute atomic E-state index is 10.7. The van der Waals surface area contributed by atoms with E-state index in [1.807, 2.05) is 164 Å². The van der Waals surface area contributed by atoms with Crippen LogP contribution in [0.1, 0.15) is 16.7 Å². The summed E-state index contributed by atoms with van der Waals surface area (Å²) in [5.74, 6) is 1.43. The third-order valence-electron chi connectivity index (χ3n) is 14.7. The van der Waals surface area contributed by atoms with Crippen molar-refractivity contribution in [3.63, 3.8) is 0 Å². The van der Waals surface area contributed by atoms with Gasteiger partial charge in [0.2, 0.25) is 0 Å². The number of nitriles is 3. The van der Waals surface area contributed by atoms with Crippen LogP contribution < -0.4 is 0 Å². The Labute approximate surface area is 469 Å². The van der Waals surface area contributed by atoms with Gasteiger partial charge in [0.15, 0.2) is 40.2 Å². The van der Waals surface area contributed by atoms with Crippen LogP contribution in [0.3, 0.4) is 0 Å². The fraction of sp³-hybridized carbons (Fsp3) is 0. The molecule has 0 N–H and O–H groups in total. The second-order valence-corrected chi connectivity index (χ2v) is 19.2. The number of rotatable bonds is 8. The zero-order valence-electron chi connectivity index (χ0n) is 43.0. The number of hydrogen-bond donors (Lipinski definition) is 0. The molecule has 0 radical (unpaired) electrons. The van der Waals surface area contributed by atoms with Crippen LogP contribution in [0.15, 0.2) is 206 Å². The topological polar surface area (TPSA) is 137 Å². The Balaban J connectivity index is 1.10. The molecule has 0 saturated heterocycles. The molecule has 0 atom stereocenters. The summed E-state index contributed by atoms with van der Waals surface area (Å²) in [6, 6.07) is 72.1. The SMILES string of the molecule is [C-]#[N+]c1cc(C#N)c(-c2ccc3c(c2)c2ccccc2n3-c2cc(-c3nc(-c4ccccc4)nc(-c4ccccc4)n3)ccc2-c2ccc(C#N)cc2-n2c3ccccc3c3cc(-c4c([N+]#[C-])cc(C#N)cc4[N+]#[C-])ccc32)c([N+]#[C-])c1. The second-order valence-electron chi connectivity index (χ2n) is 19.2. The van der Waals surface area contributed by atoms with Gasteiger partial charge < -0.3 is 9.13 Å². The summed E-state index contributed by atoms with van der Waals surface area (Å²) in [6.45, 7) is 31.9. The van der Waals surface area contributed by atoms with Gasteiger partial charge in [-0.15, -0.1) is 0 Å². The van der Waals surface area contributed by atoms with Crippen LogP contribution in [0.4, 0.5) is 22.7 Å². The molecular formula is C70H34N12. The maximum atomic E-state index is 10.7. The first-order chi connectivity index (χ1) is 40.3. The zero-order chi connectivity index (χ0) is 56.0. The minimum atomic E-state index is 0.203. The van der Waals surface area contributed by atoms with Crippen LogP contribution in [0.5, 0.6) is 0 Å². The standard InChI is InChI=1S/C70H34N12/c1-74-50-34-49(41-73)66(59(38-50)77-4)46-25-29-63-55(35-46)51-19-12-14-22-61(51)82(63)65-37-48(70-79-68(44-15-7-5-8-16-44)78-69(80-70)45-17-9-6-10-18-45)24-28-54(65)53-27-23-42(39-71)33-64(53)81-60-21-13-11-20-52(60)56-36-47(26-30-62(56)81)67-57(75-2)31-43(40-72)32-58(67)76-3/h5-38H. The van der Waals surface area contributed by atoms with Gasteiger partial charge in [0.1, 0.15) is 0 Å². The summed E-state index contributed by atoms with van der Waals surface area (Å²) in [5.41, 5.74) is 12.5. The Morgan fingerprint density at radius 1 is 0.341 bits per heavy atom. The average molecular weight is 1040 g/mol. The van der Waals surface area contributed by atoms with Crippen LogP contribution in [0.2, 0.25) is 0 Å². The smallest absolute Gasteiger partial charge is 0.186 e. The molecule has 12 heteroatoms. The van der Waals surface area contributed by atoms with Gasteiger partial charge in [-0.2, -0.15) is 15.8 Å². The Morgan fingerprint density at radius 2 is 0.793 bits per heavy atom. The molecule has 374 valence electrons. The van der Waals surface area contributed by atoms with Gasteiger partial charge >= 0.3 is 0 Å². The van der Waals surface area contributed by atoms with E-state index in [9.17, 15) is 15.8 Å². The molecule has 0 fully saturated rings. The average Bonchev–Trinajstić information content (AvgIpc) is 2.51. The molecule has 0 aliphatic carbocycles. The van der Waals surface area contributed by atoms with E-state index in [0.717, 1.165) is 71.6 Å². The number of hydrogen-bond acceptors (Lipinski definition) is 6. The molecule has 0 saturated carbocycles. The van der Waals surface area contributed by atoms with E-state index in [-0.39, 0.29) is 33.9 Å². The van der Waals surface area contributed by atoms with Gasteiger partial charge in [0.05, 0.1) is 83.5 Å². The lowest BCUT2D eigenvalue weighted by atomic mass is 9.96. The third kappa shape index (κ3) is 8.07. The van der Waals surface area contributed by atoms with Gasteiger partial charge in [0.25, 0.3) is 0 Å². The van der Waals surface area contributed by atoms with Crippen molar-refractivity contribution in [3.8, 4) is 97.1 Å². The summed E-state index contributed by atoms with van der Waals surface area (Å²) in [6.07, 6.45) is 0. The zero-order valence-corrected chi connectivity index (χ0v) is 43.0. The monoisotopic (exact) mass is 1040 g/mol. The first-order valence-corrected chi connectivity index (χ1v) is 25.6. The number of fused-ring (bicyclic) bond motifs is 6. The van der Waals surface area contributed by atoms with Crippen LogP contribution in [0.25, 0.3) is 142 Å². The summed E-state index contributed by atoms with van der Waals surface area (Å²) < 4.78 is 4.35. The highest BCUT2D eigenvalue weighted by atomic mass is 15.0. The molecule has 13 aromatic rings. The maximum Gasteiger partial charge on any atom is 0.186 e. The summed E-state index contributed by atoms with van der Waals surface area (Å²) >= 11 is 0. The van der Waals surface area contributed by atoms with E-state index < -0.39 is 0 Å². The van der Waals surface area contributed by atoms with Crippen molar-refractivity contribution < 1.29 is 0 Å². The van der Waals surface area contributed by atoms with E-state index in [1.54, 1.807) is 0 Å². The van der Waals surface area contributed by atoms with E-state index >= 15 is 0 Å². The Bertz CT molecular complexity index is 5070. The number of aromatic nitrogens is 5. The molecule has 0 unspecified atom stereocenters. The fourth-order valence-corrected chi connectivity index (χ4v) is 11.1. The lowest BCUT2D eigenvalue weighted by molar-refractivity contribution is 1.07. The van der Waals surface area contributed by atoms with E-state index in [0.29, 0.717) is 56.5 Å². The van der Waals surface area contributed by atoms with Crippen molar-refractivity contribution >= 4 is 66.4 Å². The van der Waals surface area contributed by atoms with Gasteiger partial charge in [-0.3, -0.25) is 0 Å². The van der Waals surface area contributed by atoms with Gasteiger partial charge in [0, 0.05) is 66.1 Å². The molecule has 0 amide bonds. The molecule has 3 heterocycles. The third-order valence-corrected chi connectivity index (χ3v) is 14.7. The number of para-hydroxylation sites is 2. The Morgan fingerprint density at radius 3 is 1.30 bits per heavy atom. The van der Waals surface area contributed by atoms with Crippen LogP contribution in [-0.2, 0) is 0 Å². The quantitative estimate of drug-likeness (QED) is 0.139. The van der Waals surface area contributed by atoms with Crippen LogP contribution >= 0.6 is 0 Å². The molecule has 0 aliphatic rings. The summed E-state index contributed by atoms with van der Waals surface area (Å²) in [5, 5.41) is 34.3. The minimum Gasteiger partial charge on any atom is -0.309 e. The number of benzene rings is 10. The molecule has 0 bridgehead atoms. The molecule has 0 spiro atoms. The molecule has 0 aliphatic heterocycles. The summed E-state index contributed by atoms with van der Waals surface area (Å²) in [4.78, 5) is 30.2. The Hall–Kier alpha value is -12.8. The molecule has 3 aromatic heterocycles. The van der Waals surface area contributed by atoms with Gasteiger partial charge in [-0.25, -0.2) is 34.3 Å². The Kier molecular flexibility index (Phi) is 11.9. The van der Waals surface area contributed by atoms with Crippen molar-refractivity contribution in [2.45, 2.75) is 0 Å². The highest BCUT2D eigenvalue weighted by Crippen LogP contribution is 2.47. The van der Waals surface area contributed by atoms with Crippen molar-refractivity contribution in [1.82, 2.24) is 24.1 Å². The van der Waals surface area contributed by atoms with Crippen molar-refractivity contribution in [2.24, 2.45) is 0 Å². The summed E-state index contributed by atoms with van der Waals surface area (Å²) in [7, 11) is 0. The molecule has 10 aromatic carbocycles. The van der Waals surface area contributed by atoms with Crippen LogP contribution in [0, 0.1) is 60.3 Å². The normalized spacial score (nSPS) is 10.8. The predicted molar refractivity (Wildman–Crippen MR) is 320 cm³/mol. The fourth-order valence-electron chi connectivity index (χ4n) is 11.1. The molecular weight excluding hydrogens is 1010 g/mol. The van der Waals surface area contributed by atoms with Crippen molar-refractivity contribution in [2.75, 3.05) is 0 Å². The van der Waals surface area contributed by atoms with Crippen molar-refractivity contribution in [1.29, 1.82) is 15.8 Å². The highest BCUT2D eigenvalue weighted by molar-refractivity contribution is 6.14. The highest BCUT2D eigenvalue weighted by Gasteiger charge is 2.25. The lowest BCUT2D eigenvalue weighted by Crippen LogP contribution is -2.04. The van der Waals surface area contributed by atoms with E-state index in [2.05, 4.69) is 64.9 Å². The van der Waals surface area contributed by atoms with Crippen molar-refractivity contribution in [3.05, 3.63) is 269 Å². The molecule has 12 nitrogen and oxygen atoms in total. The lowest BCUT2D eigenvalue weighted by Gasteiger charge is -2.20. The molecule has 82 heavy (non-hydrogen) atoms. The van der Waals surface area contributed by atoms with E-state index in [4.69, 9.17) is 41.2 Å². The largest absolute Gasteiger partial charge is 0.309 e. The first-order valence-electron chi connectivity index (χ1n) is 25.6. The van der Waals surface area contributed by atoms with Crippen LogP contribution in [-0.4, -0.2) is 24.1 Å². The minimum absolute atomic E-state index is 0.203. The molecule has 13 rings (SSSR count). The van der Waals surface area contributed by atoms with Gasteiger partial charge in [-0.05, 0) is 89.5 Å². The first kappa shape index (κ1) is 48.9.